The van der Waals surface area contributed by atoms with Gasteiger partial charge in [0.1, 0.15) is 11.6 Å². The topological polar surface area (TPSA) is 49.9 Å². The van der Waals surface area contributed by atoms with Crippen LogP contribution in [0.3, 0.4) is 0 Å². The maximum atomic E-state index is 14.0. The number of benzene rings is 2. The molecule has 0 spiro atoms. The van der Waals surface area contributed by atoms with Gasteiger partial charge in [0.2, 0.25) is 11.8 Å². The summed E-state index contributed by atoms with van der Waals surface area (Å²) in [5, 5.41) is 0.549. The van der Waals surface area contributed by atoms with Gasteiger partial charge in [-0.15, -0.1) is 0 Å². The minimum atomic E-state index is -0.521. The molecule has 0 N–H and O–H groups in total. The summed E-state index contributed by atoms with van der Waals surface area (Å²) < 4.78 is 19.3. The van der Waals surface area contributed by atoms with E-state index >= 15 is 0 Å². The van der Waals surface area contributed by atoms with Crippen molar-refractivity contribution in [2.45, 2.75) is 13.0 Å². The smallest absolute Gasteiger partial charge is 0.228 e. The molecule has 2 aromatic carbocycles. The average Bonchev–Trinajstić information content (AvgIpc) is 3.03. The number of nitrogens with zero attached hydrogens (tertiary/aromatic N) is 2. The summed E-state index contributed by atoms with van der Waals surface area (Å²) >= 11 is 6.04. The fourth-order valence-corrected chi connectivity index (χ4v) is 3.49. The van der Waals surface area contributed by atoms with Gasteiger partial charge in [0.25, 0.3) is 0 Å². The third-order valence-corrected chi connectivity index (χ3v) is 4.88. The van der Waals surface area contributed by atoms with Crippen LogP contribution in [-0.2, 0) is 16.1 Å². The number of carbonyl (C=O) groups is 2. The summed E-state index contributed by atoms with van der Waals surface area (Å²) in [4.78, 5) is 28.0. The second-order valence-electron chi connectivity index (χ2n) is 6.51. The summed E-state index contributed by atoms with van der Waals surface area (Å²) in [6, 6.07) is 11.3. The van der Waals surface area contributed by atoms with E-state index in [4.69, 9.17) is 16.3 Å². The van der Waals surface area contributed by atoms with E-state index in [0.29, 0.717) is 17.3 Å². The Bertz CT molecular complexity index is 874. The molecule has 0 aliphatic carbocycles. The summed E-state index contributed by atoms with van der Waals surface area (Å²) in [7, 11) is 3.22. The van der Waals surface area contributed by atoms with Crippen molar-refractivity contribution < 1.29 is 18.7 Å². The quantitative estimate of drug-likeness (QED) is 0.785. The lowest BCUT2D eigenvalue weighted by Crippen LogP contribution is -2.34. The lowest BCUT2D eigenvalue weighted by atomic mass is 10.1. The number of hydrogen-bond donors (Lipinski definition) is 0. The molecule has 1 atom stereocenters. The van der Waals surface area contributed by atoms with Gasteiger partial charge in [-0.3, -0.25) is 9.59 Å². The predicted molar refractivity (Wildman–Crippen MR) is 101 cm³/mol. The summed E-state index contributed by atoms with van der Waals surface area (Å²) in [6.45, 7) is 0.461. The molecule has 1 unspecified atom stereocenters. The molecule has 2 aromatic rings. The molecule has 1 aliphatic heterocycles. The van der Waals surface area contributed by atoms with Gasteiger partial charge >= 0.3 is 0 Å². The van der Waals surface area contributed by atoms with E-state index in [0.717, 1.165) is 5.56 Å². The molecule has 3 rings (SSSR count). The fourth-order valence-electron chi connectivity index (χ4n) is 3.29. The molecule has 142 valence electrons. The highest BCUT2D eigenvalue weighted by atomic mass is 35.5. The van der Waals surface area contributed by atoms with E-state index in [1.807, 2.05) is 0 Å². The first-order chi connectivity index (χ1) is 12.9. The highest BCUT2D eigenvalue weighted by Crippen LogP contribution is 2.29. The molecule has 0 aromatic heterocycles. The molecule has 0 radical (unpaired) electrons. The molecule has 0 saturated carbocycles. The SMILES string of the molecule is COc1ccc(Cl)cc1CN(C)C(=O)C1CC(=O)N(c2ccccc2F)C1. The van der Waals surface area contributed by atoms with Crippen molar-refractivity contribution in [1.82, 2.24) is 4.90 Å². The number of rotatable bonds is 5. The van der Waals surface area contributed by atoms with Crippen LogP contribution in [0.5, 0.6) is 5.75 Å². The van der Waals surface area contributed by atoms with E-state index in [2.05, 4.69) is 0 Å². The van der Waals surface area contributed by atoms with Crippen molar-refractivity contribution in [2.24, 2.45) is 5.92 Å². The van der Waals surface area contributed by atoms with E-state index in [1.165, 1.54) is 15.9 Å². The predicted octanol–water partition coefficient (Wildman–Crippen LogP) is 3.50. The minimum Gasteiger partial charge on any atom is -0.496 e. The van der Waals surface area contributed by atoms with Crippen LogP contribution in [0, 0.1) is 11.7 Å². The van der Waals surface area contributed by atoms with Crippen LogP contribution in [0.1, 0.15) is 12.0 Å². The first-order valence-corrected chi connectivity index (χ1v) is 8.90. The zero-order valence-electron chi connectivity index (χ0n) is 15.1. The van der Waals surface area contributed by atoms with E-state index in [1.54, 1.807) is 50.6 Å². The number of methoxy groups -OCH3 is 1. The Morgan fingerprint density at radius 1 is 1.33 bits per heavy atom. The van der Waals surface area contributed by atoms with Gasteiger partial charge in [-0.1, -0.05) is 23.7 Å². The Balaban J connectivity index is 1.72. The van der Waals surface area contributed by atoms with Crippen LogP contribution >= 0.6 is 11.6 Å². The first kappa shape index (κ1) is 19.2. The number of para-hydroxylation sites is 1. The molecule has 27 heavy (non-hydrogen) atoms. The van der Waals surface area contributed by atoms with Gasteiger partial charge in [0, 0.05) is 37.1 Å². The minimum absolute atomic E-state index is 0.0597. The van der Waals surface area contributed by atoms with Crippen molar-refractivity contribution in [3.05, 3.63) is 58.9 Å². The Morgan fingerprint density at radius 2 is 2.07 bits per heavy atom. The molecule has 1 fully saturated rings. The molecule has 1 heterocycles. The van der Waals surface area contributed by atoms with Gasteiger partial charge in [0.05, 0.1) is 18.7 Å². The number of anilines is 1. The molecule has 0 bridgehead atoms. The van der Waals surface area contributed by atoms with Gasteiger partial charge in [0.15, 0.2) is 0 Å². The fraction of sp³-hybridized carbons (Fsp3) is 0.300. The monoisotopic (exact) mass is 390 g/mol. The molecule has 7 heteroatoms. The van der Waals surface area contributed by atoms with Gasteiger partial charge < -0.3 is 14.5 Å². The van der Waals surface area contributed by atoms with Crippen molar-refractivity contribution >= 4 is 29.1 Å². The third-order valence-electron chi connectivity index (χ3n) is 4.64. The molecule has 5 nitrogen and oxygen atoms in total. The molecule has 1 saturated heterocycles. The van der Waals surface area contributed by atoms with Crippen LogP contribution < -0.4 is 9.64 Å². The van der Waals surface area contributed by atoms with Gasteiger partial charge in [-0.2, -0.15) is 0 Å². The maximum Gasteiger partial charge on any atom is 0.228 e. The third kappa shape index (κ3) is 4.06. The number of halogens is 2. The Kier molecular flexibility index (Phi) is 5.65. The summed E-state index contributed by atoms with van der Waals surface area (Å²) in [5.74, 6) is -0.797. The van der Waals surface area contributed by atoms with E-state index < -0.39 is 11.7 Å². The van der Waals surface area contributed by atoms with E-state index in [-0.39, 0.29) is 30.5 Å². The van der Waals surface area contributed by atoms with Crippen LogP contribution in [0.4, 0.5) is 10.1 Å². The van der Waals surface area contributed by atoms with Crippen LogP contribution in [0.25, 0.3) is 0 Å². The number of hydrogen-bond acceptors (Lipinski definition) is 3. The largest absolute Gasteiger partial charge is 0.496 e. The zero-order valence-corrected chi connectivity index (χ0v) is 15.9. The van der Waals surface area contributed by atoms with Crippen LogP contribution in [-0.4, -0.2) is 37.4 Å². The lowest BCUT2D eigenvalue weighted by molar-refractivity contribution is -0.135. The van der Waals surface area contributed by atoms with Crippen molar-refractivity contribution in [2.75, 3.05) is 25.6 Å². The number of amides is 2. The van der Waals surface area contributed by atoms with Gasteiger partial charge in [-0.25, -0.2) is 4.39 Å². The van der Waals surface area contributed by atoms with Crippen LogP contribution in [0.2, 0.25) is 5.02 Å². The summed E-state index contributed by atoms with van der Waals surface area (Å²) in [5.41, 5.74) is 0.980. The second-order valence-corrected chi connectivity index (χ2v) is 6.94. The average molecular weight is 391 g/mol. The molecular formula is C20H20ClFN2O3. The van der Waals surface area contributed by atoms with Crippen molar-refractivity contribution in [3.8, 4) is 5.75 Å². The van der Waals surface area contributed by atoms with Gasteiger partial charge in [-0.05, 0) is 30.3 Å². The molecule has 2 amide bonds. The van der Waals surface area contributed by atoms with Crippen LogP contribution in [0.15, 0.2) is 42.5 Å². The number of ether oxygens (including phenoxy) is 1. The second kappa shape index (κ2) is 7.96. The molecule has 1 aliphatic rings. The Hall–Kier alpha value is -2.60. The Morgan fingerprint density at radius 3 is 2.78 bits per heavy atom. The highest BCUT2D eigenvalue weighted by molar-refractivity contribution is 6.30. The summed E-state index contributed by atoms with van der Waals surface area (Å²) in [6.07, 6.45) is 0.0597. The van der Waals surface area contributed by atoms with Crippen molar-refractivity contribution in [3.63, 3.8) is 0 Å². The number of carbonyl (C=O) groups excluding carboxylic acids is 2. The first-order valence-electron chi connectivity index (χ1n) is 8.53. The molecular weight excluding hydrogens is 371 g/mol. The standard InChI is InChI=1S/C20H20ClFN2O3/c1-23(11-13-9-15(21)7-8-18(13)27-2)20(26)14-10-19(25)24(12-14)17-6-4-3-5-16(17)22/h3-9,14H,10-12H2,1-2H3. The maximum absolute atomic E-state index is 14.0. The Labute approximate surface area is 162 Å². The normalized spacial score (nSPS) is 16.5. The zero-order chi connectivity index (χ0) is 19.6. The van der Waals surface area contributed by atoms with Crippen molar-refractivity contribution in [1.29, 1.82) is 0 Å². The van der Waals surface area contributed by atoms with E-state index in [9.17, 15) is 14.0 Å². The highest BCUT2D eigenvalue weighted by Gasteiger charge is 2.37. The lowest BCUT2D eigenvalue weighted by Gasteiger charge is -2.22.